The highest BCUT2D eigenvalue weighted by molar-refractivity contribution is 7.22. The molecule has 0 saturated carbocycles. The number of amides is 2. The van der Waals surface area contributed by atoms with Crippen LogP contribution in [0.1, 0.15) is 19.8 Å². The van der Waals surface area contributed by atoms with Gasteiger partial charge in [-0.3, -0.25) is 4.90 Å². The predicted molar refractivity (Wildman–Crippen MR) is 93.8 cm³/mol. The van der Waals surface area contributed by atoms with Gasteiger partial charge in [-0.1, -0.05) is 18.3 Å². The maximum atomic E-state index is 12.6. The monoisotopic (exact) mass is 361 g/mol. The Morgan fingerprint density at radius 3 is 3.12 bits per heavy atom. The largest absolute Gasteiger partial charge is 0.486 e. The number of urea groups is 1. The molecule has 1 aromatic carbocycles. The molecule has 2 fully saturated rings. The van der Waals surface area contributed by atoms with Crippen LogP contribution in [0.2, 0.25) is 0 Å². The van der Waals surface area contributed by atoms with Crippen LogP contribution in [0.3, 0.4) is 0 Å². The van der Waals surface area contributed by atoms with E-state index < -0.39 is 0 Å². The van der Waals surface area contributed by atoms with Crippen molar-refractivity contribution in [3.05, 3.63) is 12.1 Å². The van der Waals surface area contributed by atoms with E-state index in [0.29, 0.717) is 30.7 Å². The van der Waals surface area contributed by atoms with Gasteiger partial charge in [-0.05, 0) is 25.0 Å². The van der Waals surface area contributed by atoms with Crippen molar-refractivity contribution >= 4 is 32.7 Å². The Balaban J connectivity index is 1.54. The Hall–Kier alpha value is -2.06. The number of ether oxygens (including phenoxy) is 3. The lowest BCUT2D eigenvalue weighted by Gasteiger charge is -2.33. The number of rotatable bonds is 2. The summed E-state index contributed by atoms with van der Waals surface area (Å²) in [7, 11) is 0. The van der Waals surface area contributed by atoms with E-state index in [1.165, 1.54) is 11.3 Å². The summed E-state index contributed by atoms with van der Waals surface area (Å²) in [6.07, 6.45) is 1.97. The lowest BCUT2D eigenvalue weighted by molar-refractivity contribution is -0.00414. The Morgan fingerprint density at radius 2 is 2.24 bits per heavy atom. The number of aromatic nitrogens is 1. The summed E-state index contributed by atoms with van der Waals surface area (Å²) in [5.41, 5.74) is 0.771. The molecule has 0 bridgehead atoms. The van der Waals surface area contributed by atoms with Crippen LogP contribution in [-0.2, 0) is 4.74 Å². The summed E-state index contributed by atoms with van der Waals surface area (Å²) < 4.78 is 18.2. The standard InChI is InChI=1S/C17H19N3O4S/c1-2-9-7-11-10(8-24-9)18-16(21)20(11)17-19-14-13(25-17)4-3-12-15(14)23-6-5-22-12/h3-4,9-11H,2,5-8H2,1H3,(H,18,21)/t9-,10-,11+/m0/s1. The Bertz CT molecular complexity index is 839. The molecule has 0 radical (unpaired) electrons. The first kappa shape index (κ1) is 15.2. The number of anilines is 1. The number of fused-ring (bicyclic) bond motifs is 4. The second-order valence-electron chi connectivity index (χ2n) is 6.53. The molecule has 1 N–H and O–H groups in total. The molecule has 1 aromatic heterocycles. The number of hydrogen-bond donors (Lipinski definition) is 1. The van der Waals surface area contributed by atoms with E-state index in [2.05, 4.69) is 12.2 Å². The lowest BCUT2D eigenvalue weighted by atomic mass is 9.98. The minimum atomic E-state index is -0.0968. The molecule has 5 rings (SSSR count). The van der Waals surface area contributed by atoms with Crippen molar-refractivity contribution in [3.63, 3.8) is 0 Å². The second-order valence-corrected chi connectivity index (χ2v) is 7.53. The lowest BCUT2D eigenvalue weighted by Crippen LogP contribution is -2.47. The summed E-state index contributed by atoms with van der Waals surface area (Å²) in [4.78, 5) is 19.1. The van der Waals surface area contributed by atoms with E-state index in [1.807, 2.05) is 12.1 Å². The van der Waals surface area contributed by atoms with Crippen molar-refractivity contribution in [2.75, 3.05) is 24.7 Å². The van der Waals surface area contributed by atoms with E-state index in [9.17, 15) is 4.79 Å². The van der Waals surface area contributed by atoms with Crippen LogP contribution >= 0.6 is 11.3 Å². The number of carbonyl (C=O) groups is 1. The number of thiazole rings is 1. The highest BCUT2D eigenvalue weighted by Crippen LogP contribution is 2.43. The Kier molecular flexibility index (Phi) is 3.49. The first-order valence-electron chi connectivity index (χ1n) is 8.65. The van der Waals surface area contributed by atoms with Gasteiger partial charge in [0.25, 0.3) is 0 Å². The SMILES string of the molecule is CC[C@H]1C[C@@H]2[C@H](CO1)NC(=O)N2c1nc2c3c(ccc2s1)OCCO3. The molecule has 0 aliphatic carbocycles. The van der Waals surface area contributed by atoms with Gasteiger partial charge >= 0.3 is 6.03 Å². The smallest absolute Gasteiger partial charge is 0.324 e. The van der Waals surface area contributed by atoms with Crippen LogP contribution < -0.4 is 19.7 Å². The van der Waals surface area contributed by atoms with Crippen LogP contribution in [-0.4, -0.2) is 49.0 Å². The maximum Gasteiger partial charge on any atom is 0.324 e. The molecule has 3 aliphatic rings. The third-order valence-electron chi connectivity index (χ3n) is 5.06. The molecule has 8 heteroatoms. The number of nitrogens with one attached hydrogen (secondary N) is 1. The fraction of sp³-hybridized carbons (Fsp3) is 0.529. The average molecular weight is 361 g/mol. The van der Waals surface area contributed by atoms with Gasteiger partial charge in [0.05, 0.1) is 29.5 Å². The van der Waals surface area contributed by atoms with E-state index >= 15 is 0 Å². The van der Waals surface area contributed by atoms with Crippen LogP contribution in [0.4, 0.5) is 9.93 Å². The van der Waals surface area contributed by atoms with Crippen LogP contribution in [0.5, 0.6) is 11.5 Å². The molecule has 3 aliphatic heterocycles. The fourth-order valence-electron chi connectivity index (χ4n) is 3.76. The molecule has 25 heavy (non-hydrogen) atoms. The van der Waals surface area contributed by atoms with E-state index in [1.54, 1.807) is 4.90 Å². The highest BCUT2D eigenvalue weighted by Gasteiger charge is 2.45. The summed E-state index contributed by atoms with van der Waals surface area (Å²) in [5.74, 6) is 1.40. The molecule has 2 amide bonds. The summed E-state index contributed by atoms with van der Waals surface area (Å²) >= 11 is 1.51. The van der Waals surface area contributed by atoms with Gasteiger partial charge in [-0.15, -0.1) is 0 Å². The van der Waals surface area contributed by atoms with E-state index in [4.69, 9.17) is 19.2 Å². The third kappa shape index (κ3) is 2.35. The molecule has 0 spiro atoms. The number of nitrogens with zero attached hydrogens (tertiary/aromatic N) is 2. The summed E-state index contributed by atoms with van der Waals surface area (Å²) in [5, 5.41) is 3.74. The quantitative estimate of drug-likeness (QED) is 0.890. The van der Waals surface area contributed by atoms with Gasteiger partial charge in [-0.25, -0.2) is 9.78 Å². The number of benzene rings is 1. The normalized spacial score (nSPS) is 28.1. The zero-order valence-electron chi connectivity index (χ0n) is 13.9. The summed E-state index contributed by atoms with van der Waals surface area (Å²) in [6.45, 7) is 3.74. The molecule has 3 atom stereocenters. The first-order valence-corrected chi connectivity index (χ1v) is 9.46. The first-order chi connectivity index (χ1) is 12.2. The molecule has 2 saturated heterocycles. The van der Waals surface area contributed by atoms with Crippen molar-refractivity contribution < 1.29 is 19.0 Å². The minimum absolute atomic E-state index is 0.0239. The number of hydrogen-bond acceptors (Lipinski definition) is 6. The zero-order chi connectivity index (χ0) is 17.0. The van der Waals surface area contributed by atoms with E-state index in [0.717, 1.165) is 28.8 Å². The minimum Gasteiger partial charge on any atom is -0.486 e. The van der Waals surface area contributed by atoms with E-state index in [-0.39, 0.29) is 24.2 Å². The highest BCUT2D eigenvalue weighted by atomic mass is 32.1. The molecule has 132 valence electrons. The van der Waals surface area contributed by atoms with Gasteiger partial charge in [0.1, 0.15) is 18.7 Å². The average Bonchev–Trinajstić information content (AvgIpc) is 3.20. The predicted octanol–water partition coefficient (Wildman–Crippen LogP) is 2.53. The van der Waals surface area contributed by atoms with Gasteiger partial charge < -0.3 is 19.5 Å². The topological polar surface area (TPSA) is 72.9 Å². The number of carbonyl (C=O) groups excluding carboxylic acids is 1. The van der Waals surface area contributed by atoms with Gasteiger partial charge in [0, 0.05) is 0 Å². The van der Waals surface area contributed by atoms with Crippen LogP contribution in [0.25, 0.3) is 10.2 Å². The van der Waals surface area contributed by atoms with Crippen molar-refractivity contribution in [1.82, 2.24) is 10.3 Å². The Labute approximate surface area is 148 Å². The molecule has 0 unspecified atom stereocenters. The van der Waals surface area contributed by atoms with Crippen LogP contribution in [0.15, 0.2) is 12.1 Å². The fourth-order valence-corrected chi connectivity index (χ4v) is 4.78. The molecule has 4 heterocycles. The van der Waals surface area contributed by atoms with Crippen molar-refractivity contribution in [1.29, 1.82) is 0 Å². The maximum absolute atomic E-state index is 12.6. The molecular formula is C17H19N3O4S. The zero-order valence-corrected chi connectivity index (χ0v) is 14.7. The van der Waals surface area contributed by atoms with Crippen molar-refractivity contribution in [2.45, 2.75) is 38.0 Å². The van der Waals surface area contributed by atoms with Crippen molar-refractivity contribution in [2.24, 2.45) is 0 Å². The van der Waals surface area contributed by atoms with Crippen LogP contribution in [0, 0.1) is 0 Å². The third-order valence-corrected chi connectivity index (χ3v) is 6.08. The molecule has 2 aromatic rings. The molecule has 7 nitrogen and oxygen atoms in total. The van der Waals surface area contributed by atoms with Gasteiger partial charge in [0.15, 0.2) is 16.6 Å². The van der Waals surface area contributed by atoms with Gasteiger partial charge in [0.2, 0.25) is 0 Å². The van der Waals surface area contributed by atoms with Gasteiger partial charge in [-0.2, -0.15) is 0 Å². The Morgan fingerprint density at radius 1 is 1.36 bits per heavy atom. The molecular weight excluding hydrogens is 342 g/mol. The van der Waals surface area contributed by atoms with Crippen molar-refractivity contribution in [3.8, 4) is 11.5 Å². The second kappa shape index (κ2) is 5.74. The summed E-state index contributed by atoms with van der Waals surface area (Å²) in [6, 6.07) is 3.90.